The SMILES string of the molecule is O=C(NCC[NH+]1CCCCCC1)c1ccc(N2CCCC2=O)cc1. The van der Waals surface area contributed by atoms with Crippen LogP contribution in [0.1, 0.15) is 48.9 Å². The van der Waals surface area contributed by atoms with E-state index in [1.54, 1.807) is 9.80 Å². The van der Waals surface area contributed by atoms with E-state index in [1.807, 2.05) is 24.3 Å². The first-order valence-corrected chi connectivity index (χ1v) is 9.26. The maximum atomic E-state index is 12.3. The van der Waals surface area contributed by atoms with Crippen LogP contribution in [0.2, 0.25) is 0 Å². The zero-order chi connectivity index (χ0) is 16.8. The van der Waals surface area contributed by atoms with Crippen LogP contribution < -0.4 is 15.1 Å². The van der Waals surface area contributed by atoms with Crippen LogP contribution in [0.3, 0.4) is 0 Å². The molecule has 2 amide bonds. The van der Waals surface area contributed by atoms with Gasteiger partial charge in [0.1, 0.15) is 0 Å². The highest BCUT2D eigenvalue weighted by Gasteiger charge is 2.21. The van der Waals surface area contributed by atoms with Gasteiger partial charge in [-0.25, -0.2) is 0 Å². The van der Waals surface area contributed by atoms with Crippen molar-refractivity contribution in [1.29, 1.82) is 0 Å². The Morgan fingerprint density at radius 1 is 1.04 bits per heavy atom. The highest BCUT2D eigenvalue weighted by Crippen LogP contribution is 2.21. The number of nitrogens with one attached hydrogen (secondary N) is 2. The molecule has 2 aliphatic rings. The third kappa shape index (κ3) is 4.35. The molecular weight excluding hydrogens is 302 g/mol. The zero-order valence-corrected chi connectivity index (χ0v) is 14.4. The molecule has 5 heteroatoms. The molecule has 0 bridgehead atoms. The van der Waals surface area contributed by atoms with E-state index in [-0.39, 0.29) is 11.8 Å². The third-order valence-corrected chi connectivity index (χ3v) is 5.09. The number of hydrogen-bond acceptors (Lipinski definition) is 2. The molecule has 0 aromatic heterocycles. The maximum Gasteiger partial charge on any atom is 0.251 e. The number of carbonyl (C=O) groups excluding carboxylic acids is 2. The van der Waals surface area contributed by atoms with Gasteiger partial charge in [-0.05, 0) is 56.4 Å². The highest BCUT2D eigenvalue weighted by atomic mass is 16.2. The zero-order valence-electron chi connectivity index (χ0n) is 14.4. The molecule has 1 aromatic rings. The summed E-state index contributed by atoms with van der Waals surface area (Å²) in [4.78, 5) is 27.4. The molecule has 1 aromatic carbocycles. The van der Waals surface area contributed by atoms with Crippen LogP contribution in [-0.2, 0) is 4.79 Å². The lowest BCUT2D eigenvalue weighted by Crippen LogP contribution is -3.12. The molecule has 2 N–H and O–H groups in total. The second kappa shape index (κ2) is 8.29. The summed E-state index contributed by atoms with van der Waals surface area (Å²) >= 11 is 0. The molecule has 3 rings (SSSR count). The van der Waals surface area contributed by atoms with Crippen LogP contribution in [0.15, 0.2) is 24.3 Å². The molecular formula is C19H28N3O2+. The van der Waals surface area contributed by atoms with Gasteiger partial charge in [0.2, 0.25) is 5.91 Å². The molecule has 5 nitrogen and oxygen atoms in total. The summed E-state index contributed by atoms with van der Waals surface area (Å²) in [5.74, 6) is 0.149. The maximum absolute atomic E-state index is 12.3. The normalized spacial score (nSPS) is 19.3. The Kier molecular flexibility index (Phi) is 5.86. The van der Waals surface area contributed by atoms with Crippen LogP contribution in [-0.4, -0.2) is 44.5 Å². The fourth-order valence-corrected chi connectivity index (χ4v) is 3.65. The van der Waals surface area contributed by atoms with Gasteiger partial charge in [-0.2, -0.15) is 0 Å². The number of amides is 2. The van der Waals surface area contributed by atoms with E-state index in [0.717, 1.165) is 31.7 Å². The standard InChI is InChI=1S/C19H27N3O2/c23-18-6-5-14-22(18)17-9-7-16(8-10-17)19(24)20-11-15-21-12-3-1-2-4-13-21/h7-10H,1-6,11-15H2,(H,20,24)/p+1. The summed E-state index contributed by atoms with van der Waals surface area (Å²) in [7, 11) is 0. The number of anilines is 1. The Labute approximate surface area is 144 Å². The van der Waals surface area contributed by atoms with E-state index in [9.17, 15) is 9.59 Å². The fourth-order valence-electron chi connectivity index (χ4n) is 3.65. The number of quaternary nitrogens is 1. The third-order valence-electron chi connectivity index (χ3n) is 5.09. The summed E-state index contributed by atoms with van der Waals surface area (Å²) < 4.78 is 0. The lowest BCUT2D eigenvalue weighted by Gasteiger charge is -2.17. The van der Waals surface area contributed by atoms with Crippen LogP contribution in [0.5, 0.6) is 0 Å². The Morgan fingerprint density at radius 3 is 2.38 bits per heavy atom. The predicted molar refractivity (Wildman–Crippen MR) is 94.4 cm³/mol. The van der Waals surface area contributed by atoms with Crippen LogP contribution in [0.4, 0.5) is 5.69 Å². The topological polar surface area (TPSA) is 53.9 Å². The minimum atomic E-state index is -0.0245. The monoisotopic (exact) mass is 330 g/mol. The first kappa shape index (κ1) is 17.0. The van der Waals surface area contributed by atoms with Crippen molar-refractivity contribution in [3.8, 4) is 0 Å². The second-order valence-corrected chi connectivity index (χ2v) is 6.87. The summed E-state index contributed by atoms with van der Waals surface area (Å²) in [6.07, 6.45) is 6.85. The molecule has 0 radical (unpaired) electrons. The van der Waals surface area contributed by atoms with Gasteiger partial charge in [-0.3, -0.25) is 9.59 Å². The van der Waals surface area contributed by atoms with Crippen molar-refractivity contribution in [1.82, 2.24) is 5.32 Å². The average Bonchev–Trinajstić information content (AvgIpc) is 2.86. The van der Waals surface area contributed by atoms with Crippen LogP contribution >= 0.6 is 0 Å². The van der Waals surface area contributed by atoms with E-state index < -0.39 is 0 Å². The lowest BCUT2D eigenvalue weighted by atomic mass is 10.2. The van der Waals surface area contributed by atoms with E-state index in [2.05, 4.69) is 5.32 Å². The van der Waals surface area contributed by atoms with Gasteiger partial charge < -0.3 is 15.1 Å². The van der Waals surface area contributed by atoms with E-state index in [1.165, 1.54) is 38.8 Å². The summed E-state index contributed by atoms with van der Waals surface area (Å²) in [5, 5.41) is 3.02. The molecule has 2 fully saturated rings. The smallest absolute Gasteiger partial charge is 0.251 e. The highest BCUT2D eigenvalue weighted by molar-refractivity contribution is 5.97. The summed E-state index contributed by atoms with van der Waals surface area (Å²) in [6.45, 7) is 4.97. The summed E-state index contributed by atoms with van der Waals surface area (Å²) in [5.41, 5.74) is 1.55. The number of carbonyl (C=O) groups is 2. The van der Waals surface area contributed by atoms with Gasteiger partial charge in [-0.1, -0.05) is 0 Å². The molecule has 24 heavy (non-hydrogen) atoms. The average molecular weight is 330 g/mol. The van der Waals surface area contributed by atoms with Crippen LogP contribution in [0.25, 0.3) is 0 Å². The Bertz CT molecular complexity index is 562. The summed E-state index contributed by atoms with van der Waals surface area (Å²) in [6, 6.07) is 7.38. The van der Waals surface area contributed by atoms with Crippen molar-refractivity contribution in [3.05, 3.63) is 29.8 Å². The van der Waals surface area contributed by atoms with Crippen molar-refractivity contribution in [2.45, 2.75) is 38.5 Å². The Hall–Kier alpha value is -1.88. The number of rotatable bonds is 5. The first-order valence-electron chi connectivity index (χ1n) is 9.26. The molecule has 0 aliphatic carbocycles. The molecule has 0 unspecified atom stereocenters. The first-order chi connectivity index (χ1) is 11.7. The molecule has 2 saturated heterocycles. The van der Waals surface area contributed by atoms with E-state index in [0.29, 0.717) is 12.0 Å². The van der Waals surface area contributed by atoms with Crippen molar-refractivity contribution < 1.29 is 14.5 Å². The largest absolute Gasteiger partial charge is 0.346 e. The number of nitrogens with zero attached hydrogens (tertiary/aromatic N) is 1. The Balaban J connectivity index is 1.47. The molecule has 0 spiro atoms. The minimum absolute atomic E-state index is 0.0245. The second-order valence-electron chi connectivity index (χ2n) is 6.87. The lowest BCUT2D eigenvalue weighted by molar-refractivity contribution is -0.898. The van der Waals surface area contributed by atoms with Gasteiger partial charge in [0.25, 0.3) is 5.91 Å². The molecule has 130 valence electrons. The minimum Gasteiger partial charge on any atom is -0.346 e. The van der Waals surface area contributed by atoms with E-state index >= 15 is 0 Å². The fraction of sp³-hybridized carbons (Fsp3) is 0.579. The van der Waals surface area contributed by atoms with Gasteiger partial charge in [0.05, 0.1) is 26.2 Å². The van der Waals surface area contributed by atoms with Gasteiger partial charge in [0.15, 0.2) is 0 Å². The van der Waals surface area contributed by atoms with Crippen molar-refractivity contribution in [2.24, 2.45) is 0 Å². The van der Waals surface area contributed by atoms with E-state index in [4.69, 9.17) is 0 Å². The van der Waals surface area contributed by atoms with Gasteiger partial charge in [0, 0.05) is 24.2 Å². The van der Waals surface area contributed by atoms with Crippen molar-refractivity contribution in [2.75, 3.05) is 37.6 Å². The van der Waals surface area contributed by atoms with Crippen molar-refractivity contribution in [3.63, 3.8) is 0 Å². The number of likely N-dealkylation sites (tertiary alicyclic amines) is 1. The molecule has 2 aliphatic heterocycles. The number of benzene rings is 1. The quantitative estimate of drug-likeness (QED) is 0.846. The van der Waals surface area contributed by atoms with Gasteiger partial charge in [-0.15, -0.1) is 0 Å². The Morgan fingerprint density at radius 2 is 1.75 bits per heavy atom. The van der Waals surface area contributed by atoms with Gasteiger partial charge >= 0.3 is 0 Å². The molecule has 0 atom stereocenters. The van der Waals surface area contributed by atoms with Crippen molar-refractivity contribution >= 4 is 17.5 Å². The molecule has 0 saturated carbocycles. The predicted octanol–water partition coefficient (Wildman–Crippen LogP) is 1.00. The van der Waals surface area contributed by atoms with Crippen LogP contribution in [0, 0.1) is 0 Å². The number of hydrogen-bond donors (Lipinski definition) is 2. The molecule has 2 heterocycles.